The summed E-state index contributed by atoms with van der Waals surface area (Å²) < 4.78 is 0. The number of hydrogen-bond donors (Lipinski definition) is 3. The first-order valence-corrected chi connectivity index (χ1v) is 5.71. The van der Waals surface area contributed by atoms with Gasteiger partial charge in [0.15, 0.2) is 0 Å². The van der Waals surface area contributed by atoms with E-state index in [2.05, 4.69) is 15.6 Å². The molecule has 0 aliphatic heterocycles. The third kappa shape index (κ3) is 2.98. The first-order valence-electron chi connectivity index (χ1n) is 5.71. The number of aliphatic carboxylic acids is 1. The minimum atomic E-state index is -1.09. The van der Waals surface area contributed by atoms with Gasteiger partial charge in [0.25, 0.3) is 0 Å². The van der Waals surface area contributed by atoms with Crippen LogP contribution in [0.4, 0.5) is 10.5 Å². The molecule has 0 aliphatic rings. The number of pyridine rings is 1. The number of carbonyl (C=O) groups is 2. The maximum absolute atomic E-state index is 11.7. The SMILES string of the molecule is C[C@H](NC(=O)Nc1cccc2ccncc12)C(=O)O. The van der Waals surface area contributed by atoms with Crippen LogP contribution in [0.1, 0.15) is 6.92 Å². The van der Waals surface area contributed by atoms with Crippen LogP contribution >= 0.6 is 0 Å². The number of carboxylic acids is 1. The van der Waals surface area contributed by atoms with Crippen LogP contribution in [0.5, 0.6) is 0 Å². The Morgan fingerprint density at radius 3 is 2.84 bits per heavy atom. The van der Waals surface area contributed by atoms with E-state index in [9.17, 15) is 9.59 Å². The normalized spacial score (nSPS) is 11.8. The lowest BCUT2D eigenvalue weighted by atomic mass is 10.1. The molecule has 6 heteroatoms. The van der Waals surface area contributed by atoms with Gasteiger partial charge < -0.3 is 15.7 Å². The fourth-order valence-corrected chi connectivity index (χ4v) is 1.64. The number of benzene rings is 1. The van der Waals surface area contributed by atoms with E-state index in [1.807, 2.05) is 12.1 Å². The highest BCUT2D eigenvalue weighted by Gasteiger charge is 2.14. The van der Waals surface area contributed by atoms with E-state index < -0.39 is 18.0 Å². The molecule has 0 bridgehead atoms. The maximum atomic E-state index is 11.7. The lowest BCUT2D eigenvalue weighted by Gasteiger charge is -2.12. The number of carboxylic acid groups (broad SMARTS) is 1. The Hall–Kier alpha value is -2.63. The third-order valence-electron chi connectivity index (χ3n) is 2.65. The van der Waals surface area contributed by atoms with Gasteiger partial charge in [0, 0.05) is 17.8 Å². The van der Waals surface area contributed by atoms with Crippen LogP contribution in [0.2, 0.25) is 0 Å². The van der Waals surface area contributed by atoms with E-state index in [-0.39, 0.29) is 0 Å². The molecule has 2 aromatic rings. The quantitative estimate of drug-likeness (QED) is 0.784. The molecule has 6 nitrogen and oxygen atoms in total. The van der Waals surface area contributed by atoms with Gasteiger partial charge in [0.1, 0.15) is 6.04 Å². The monoisotopic (exact) mass is 259 g/mol. The highest BCUT2D eigenvalue weighted by Crippen LogP contribution is 2.21. The van der Waals surface area contributed by atoms with Crippen molar-refractivity contribution >= 4 is 28.5 Å². The number of nitrogens with one attached hydrogen (secondary N) is 2. The van der Waals surface area contributed by atoms with E-state index in [1.54, 1.807) is 24.5 Å². The van der Waals surface area contributed by atoms with E-state index in [0.29, 0.717) is 5.69 Å². The molecule has 0 saturated carbocycles. The average Bonchev–Trinajstić information content (AvgIpc) is 2.39. The minimum Gasteiger partial charge on any atom is -0.480 e. The van der Waals surface area contributed by atoms with Crippen molar-refractivity contribution in [3.63, 3.8) is 0 Å². The first-order chi connectivity index (χ1) is 9.08. The lowest BCUT2D eigenvalue weighted by molar-refractivity contribution is -0.138. The third-order valence-corrected chi connectivity index (χ3v) is 2.65. The van der Waals surface area contributed by atoms with Crippen molar-refractivity contribution in [3.8, 4) is 0 Å². The summed E-state index contributed by atoms with van der Waals surface area (Å²) in [5.41, 5.74) is 0.584. The summed E-state index contributed by atoms with van der Waals surface area (Å²) in [6, 6.07) is 5.76. The predicted molar refractivity (Wildman–Crippen MR) is 71.0 cm³/mol. The molecule has 1 aromatic carbocycles. The van der Waals surface area contributed by atoms with Crippen molar-refractivity contribution in [2.45, 2.75) is 13.0 Å². The number of fused-ring (bicyclic) bond motifs is 1. The molecule has 0 saturated heterocycles. The van der Waals surface area contributed by atoms with Crippen LogP contribution < -0.4 is 10.6 Å². The smallest absolute Gasteiger partial charge is 0.325 e. The van der Waals surface area contributed by atoms with Gasteiger partial charge in [-0.05, 0) is 24.4 Å². The summed E-state index contributed by atoms with van der Waals surface area (Å²) in [6.45, 7) is 1.40. The summed E-state index contributed by atoms with van der Waals surface area (Å²) in [6.07, 6.45) is 3.31. The van der Waals surface area contributed by atoms with Gasteiger partial charge in [-0.2, -0.15) is 0 Å². The second-order valence-electron chi connectivity index (χ2n) is 4.06. The standard InChI is InChI=1S/C13H13N3O3/c1-8(12(17)18)15-13(19)16-11-4-2-3-9-5-6-14-7-10(9)11/h2-8H,1H3,(H,17,18)(H2,15,16,19)/t8-/m0/s1. The molecule has 0 unspecified atom stereocenters. The van der Waals surface area contributed by atoms with Gasteiger partial charge in [-0.3, -0.25) is 9.78 Å². The largest absolute Gasteiger partial charge is 0.480 e. The van der Waals surface area contributed by atoms with Crippen LogP contribution in [0, 0.1) is 0 Å². The lowest BCUT2D eigenvalue weighted by Crippen LogP contribution is -2.40. The van der Waals surface area contributed by atoms with Gasteiger partial charge >= 0.3 is 12.0 Å². The van der Waals surface area contributed by atoms with E-state index >= 15 is 0 Å². The minimum absolute atomic E-state index is 0.564. The number of amides is 2. The number of hydrogen-bond acceptors (Lipinski definition) is 3. The zero-order valence-electron chi connectivity index (χ0n) is 10.3. The fraction of sp³-hybridized carbons (Fsp3) is 0.154. The zero-order valence-corrected chi connectivity index (χ0v) is 10.3. The van der Waals surface area contributed by atoms with Gasteiger partial charge in [-0.15, -0.1) is 0 Å². The second-order valence-corrected chi connectivity index (χ2v) is 4.06. The van der Waals surface area contributed by atoms with Gasteiger partial charge in [-0.1, -0.05) is 12.1 Å². The van der Waals surface area contributed by atoms with Gasteiger partial charge in [0.2, 0.25) is 0 Å². The average molecular weight is 259 g/mol. The number of aromatic nitrogens is 1. The van der Waals surface area contributed by atoms with Crippen molar-refractivity contribution in [1.29, 1.82) is 0 Å². The summed E-state index contributed by atoms with van der Waals surface area (Å²) in [5.74, 6) is -1.09. The first kappa shape index (κ1) is 12.8. The molecular formula is C13H13N3O3. The summed E-state index contributed by atoms with van der Waals surface area (Å²) >= 11 is 0. The molecule has 0 spiro atoms. The molecule has 0 aliphatic carbocycles. The van der Waals surface area contributed by atoms with E-state index in [0.717, 1.165) is 10.8 Å². The number of rotatable bonds is 3. The van der Waals surface area contributed by atoms with Crippen LogP contribution in [0.25, 0.3) is 10.8 Å². The number of nitrogens with zero attached hydrogens (tertiary/aromatic N) is 1. The molecule has 3 N–H and O–H groups in total. The number of urea groups is 1. The molecule has 19 heavy (non-hydrogen) atoms. The van der Waals surface area contributed by atoms with Crippen molar-refractivity contribution in [1.82, 2.24) is 10.3 Å². The Kier molecular flexibility index (Phi) is 3.61. The Bertz CT molecular complexity index is 622. The summed E-state index contributed by atoms with van der Waals surface area (Å²) in [4.78, 5) is 26.3. The Labute approximate surface area is 109 Å². The summed E-state index contributed by atoms with van der Waals surface area (Å²) in [5, 5.41) is 15.4. The molecule has 0 radical (unpaired) electrons. The molecule has 2 amide bonds. The Morgan fingerprint density at radius 2 is 2.11 bits per heavy atom. The van der Waals surface area contributed by atoms with E-state index in [4.69, 9.17) is 5.11 Å². The number of anilines is 1. The van der Waals surface area contributed by atoms with Crippen molar-refractivity contribution in [3.05, 3.63) is 36.7 Å². The second kappa shape index (κ2) is 5.34. The highest BCUT2D eigenvalue weighted by molar-refractivity contribution is 6.01. The van der Waals surface area contributed by atoms with E-state index in [1.165, 1.54) is 6.92 Å². The van der Waals surface area contributed by atoms with Crippen molar-refractivity contribution < 1.29 is 14.7 Å². The molecular weight excluding hydrogens is 246 g/mol. The molecule has 98 valence electrons. The van der Waals surface area contributed by atoms with Crippen LogP contribution in [-0.2, 0) is 4.79 Å². The van der Waals surface area contributed by atoms with Crippen molar-refractivity contribution in [2.75, 3.05) is 5.32 Å². The topological polar surface area (TPSA) is 91.3 Å². The molecule has 1 heterocycles. The fourth-order valence-electron chi connectivity index (χ4n) is 1.64. The summed E-state index contributed by atoms with van der Waals surface area (Å²) in [7, 11) is 0. The zero-order chi connectivity index (χ0) is 13.8. The highest BCUT2D eigenvalue weighted by atomic mass is 16.4. The Balaban J connectivity index is 2.17. The van der Waals surface area contributed by atoms with Gasteiger partial charge in [0.05, 0.1) is 5.69 Å². The molecule has 0 fully saturated rings. The molecule has 1 aromatic heterocycles. The maximum Gasteiger partial charge on any atom is 0.325 e. The van der Waals surface area contributed by atoms with Crippen LogP contribution in [0.15, 0.2) is 36.7 Å². The van der Waals surface area contributed by atoms with Gasteiger partial charge in [-0.25, -0.2) is 4.79 Å². The Morgan fingerprint density at radius 1 is 1.32 bits per heavy atom. The molecule has 2 rings (SSSR count). The van der Waals surface area contributed by atoms with Crippen LogP contribution in [0.3, 0.4) is 0 Å². The van der Waals surface area contributed by atoms with Crippen molar-refractivity contribution in [2.24, 2.45) is 0 Å². The van der Waals surface area contributed by atoms with Crippen LogP contribution in [-0.4, -0.2) is 28.1 Å². The number of carbonyl (C=O) groups excluding carboxylic acids is 1. The predicted octanol–water partition coefficient (Wildman–Crippen LogP) is 1.83. The molecule has 1 atom stereocenters.